The monoisotopic (exact) mass is 327 g/mol. The molecule has 1 saturated heterocycles. The van der Waals surface area contributed by atoms with E-state index >= 15 is 0 Å². The third kappa shape index (κ3) is 2.56. The molecule has 2 aromatic heterocycles. The summed E-state index contributed by atoms with van der Waals surface area (Å²) < 4.78 is 1.96. The van der Waals surface area contributed by atoms with Gasteiger partial charge in [-0.05, 0) is 24.3 Å². The number of halogens is 1. The number of imidazole rings is 1. The maximum atomic E-state index is 6.39. The van der Waals surface area contributed by atoms with Crippen LogP contribution in [-0.2, 0) is 7.05 Å². The van der Waals surface area contributed by atoms with Crippen LogP contribution in [0.5, 0.6) is 0 Å². The predicted octanol–water partition coefficient (Wildman–Crippen LogP) is 2.55. The maximum Gasteiger partial charge on any atom is 0.0946 e. The van der Waals surface area contributed by atoms with Crippen molar-refractivity contribution in [2.75, 3.05) is 18.0 Å². The van der Waals surface area contributed by atoms with Gasteiger partial charge in [0, 0.05) is 60.6 Å². The van der Waals surface area contributed by atoms with Crippen molar-refractivity contribution in [1.82, 2.24) is 14.5 Å². The molecule has 1 aliphatic heterocycles. The van der Waals surface area contributed by atoms with Crippen molar-refractivity contribution in [1.29, 1.82) is 0 Å². The SMILES string of the molecule is Cn1cnc([C@@H]2CN(c3ccnc4ccc(Cl)cc34)C[C@H]2N)c1. The first-order valence-corrected chi connectivity index (χ1v) is 8.02. The summed E-state index contributed by atoms with van der Waals surface area (Å²) in [4.78, 5) is 11.2. The summed E-state index contributed by atoms with van der Waals surface area (Å²) in [6.45, 7) is 1.65. The Morgan fingerprint density at radius 3 is 2.87 bits per heavy atom. The van der Waals surface area contributed by atoms with Crippen LogP contribution in [0.2, 0.25) is 5.02 Å². The lowest BCUT2D eigenvalue weighted by atomic mass is 10.0. The van der Waals surface area contributed by atoms with E-state index in [0.717, 1.165) is 40.4 Å². The van der Waals surface area contributed by atoms with Gasteiger partial charge in [-0.1, -0.05) is 11.6 Å². The molecule has 0 bridgehead atoms. The lowest BCUT2D eigenvalue weighted by Crippen LogP contribution is -2.28. The van der Waals surface area contributed by atoms with E-state index in [1.54, 1.807) is 0 Å². The minimum atomic E-state index is 0.0623. The largest absolute Gasteiger partial charge is 0.369 e. The zero-order chi connectivity index (χ0) is 16.0. The molecule has 3 aromatic rings. The molecule has 1 aromatic carbocycles. The van der Waals surface area contributed by atoms with Crippen molar-refractivity contribution in [3.05, 3.63) is 53.7 Å². The van der Waals surface area contributed by atoms with Gasteiger partial charge in [-0.3, -0.25) is 4.98 Å². The molecule has 4 rings (SSSR count). The van der Waals surface area contributed by atoms with E-state index < -0.39 is 0 Å². The molecule has 1 aliphatic rings. The number of anilines is 1. The molecule has 118 valence electrons. The van der Waals surface area contributed by atoms with Crippen LogP contribution in [-0.4, -0.2) is 33.7 Å². The zero-order valence-electron chi connectivity index (χ0n) is 12.9. The summed E-state index contributed by atoms with van der Waals surface area (Å²) in [5.41, 5.74) is 9.52. The van der Waals surface area contributed by atoms with Crippen molar-refractivity contribution in [3.8, 4) is 0 Å². The fourth-order valence-corrected chi connectivity index (χ4v) is 3.51. The minimum absolute atomic E-state index is 0.0623. The number of fused-ring (bicyclic) bond motifs is 1. The molecule has 0 spiro atoms. The molecule has 0 saturated carbocycles. The van der Waals surface area contributed by atoms with E-state index in [1.807, 2.05) is 48.4 Å². The van der Waals surface area contributed by atoms with Crippen LogP contribution in [0, 0.1) is 0 Å². The van der Waals surface area contributed by atoms with Crippen LogP contribution in [0.1, 0.15) is 11.6 Å². The van der Waals surface area contributed by atoms with Gasteiger partial charge in [-0.25, -0.2) is 4.98 Å². The summed E-state index contributed by atoms with van der Waals surface area (Å²) >= 11 is 6.17. The zero-order valence-corrected chi connectivity index (χ0v) is 13.6. The Morgan fingerprint density at radius 2 is 2.09 bits per heavy atom. The topological polar surface area (TPSA) is 60.0 Å². The van der Waals surface area contributed by atoms with Gasteiger partial charge < -0.3 is 15.2 Å². The summed E-state index contributed by atoms with van der Waals surface area (Å²) in [5, 5.41) is 1.78. The smallest absolute Gasteiger partial charge is 0.0946 e. The Labute approximate surface area is 139 Å². The first-order chi connectivity index (χ1) is 11.1. The predicted molar refractivity (Wildman–Crippen MR) is 92.9 cm³/mol. The summed E-state index contributed by atoms with van der Waals surface area (Å²) in [6.07, 6.45) is 5.72. The van der Waals surface area contributed by atoms with Gasteiger partial charge in [0.15, 0.2) is 0 Å². The Balaban J connectivity index is 1.71. The normalized spacial score (nSPS) is 21.3. The highest BCUT2D eigenvalue weighted by Gasteiger charge is 2.33. The van der Waals surface area contributed by atoms with Crippen LogP contribution in [0.25, 0.3) is 10.9 Å². The fourth-order valence-electron chi connectivity index (χ4n) is 3.34. The molecule has 1 fully saturated rings. The van der Waals surface area contributed by atoms with E-state index in [-0.39, 0.29) is 12.0 Å². The molecular weight excluding hydrogens is 310 g/mol. The third-order valence-corrected chi connectivity index (χ3v) is 4.73. The number of nitrogens with two attached hydrogens (primary N) is 1. The molecule has 0 unspecified atom stereocenters. The highest BCUT2D eigenvalue weighted by molar-refractivity contribution is 6.31. The van der Waals surface area contributed by atoms with Gasteiger partial charge in [0.05, 0.1) is 17.5 Å². The van der Waals surface area contributed by atoms with Crippen LogP contribution in [0.3, 0.4) is 0 Å². The van der Waals surface area contributed by atoms with E-state index in [2.05, 4.69) is 21.1 Å². The van der Waals surface area contributed by atoms with Crippen molar-refractivity contribution in [2.24, 2.45) is 12.8 Å². The molecule has 2 atom stereocenters. The molecule has 0 radical (unpaired) electrons. The second-order valence-electron chi connectivity index (χ2n) is 6.13. The van der Waals surface area contributed by atoms with Gasteiger partial charge in [0.25, 0.3) is 0 Å². The van der Waals surface area contributed by atoms with Gasteiger partial charge in [0.1, 0.15) is 0 Å². The molecule has 5 nitrogen and oxygen atoms in total. The summed E-state index contributed by atoms with van der Waals surface area (Å²) in [7, 11) is 1.98. The van der Waals surface area contributed by atoms with Crippen LogP contribution in [0.4, 0.5) is 5.69 Å². The van der Waals surface area contributed by atoms with E-state index in [1.165, 1.54) is 0 Å². The number of nitrogens with zero attached hydrogens (tertiary/aromatic N) is 4. The average Bonchev–Trinajstić information content (AvgIpc) is 3.12. The Morgan fingerprint density at radius 1 is 1.22 bits per heavy atom. The van der Waals surface area contributed by atoms with Gasteiger partial charge in [0.2, 0.25) is 0 Å². The maximum absolute atomic E-state index is 6.39. The van der Waals surface area contributed by atoms with Gasteiger partial charge in [-0.15, -0.1) is 0 Å². The quantitative estimate of drug-likeness (QED) is 0.786. The summed E-state index contributed by atoms with van der Waals surface area (Å²) in [6, 6.07) is 7.89. The number of pyridine rings is 1. The lowest BCUT2D eigenvalue weighted by Gasteiger charge is -2.20. The molecular formula is C17H18ClN5. The van der Waals surface area contributed by atoms with Gasteiger partial charge in [-0.2, -0.15) is 0 Å². The second kappa shape index (κ2) is 5.51. The van der Waals surface area contributed by atoms with Crippen LogP contribution in [0.15, 0.2) is 43.0 Å². The van der Waals surface area contributed by atoms with Crippen molar-refractivity contribution >= 4 is 28.2 Å². The molecule has 6 heteroatoms. The second-order valence-corrected chi connectivity index (χ2v) is 6.57. The average molecular weight is 328 g/mol. The van der Waals surface area contributed by atoms with E-state index in [9.17, 15) is 0 Å². The number of hydrogen-bond acceptors (Lipinski definition) is 4. The number of hydrogen-bond donors (Lipinski definition) is 1. The molecule has 23 heavy (non-hydrogen) atoms. The van der Waals surface area contributed by atoms with Crippen LogP contribution < -0.4 is 10.6 Å². The van der Waals surface area contributed by atoms with Crippen LogP contribution >= 0.6 is 11.6 Å². The Kier molecular flexibility index (Phi) is 3.47. The first kappa shape index (κ1) is 14.5. The minimum Gasteiger partial charge on any atom is -0.369 e. The highest BCUT2D eigenvalue weighted by Crippen LogP contribution is 2.34. The number of rotatable bonds is 2. The van der Waals surface area contributed by atoms with Gasteiger partial charge >= 0.3 is 0 Å². The van der Waals surface area contributed by atoms with E-state index in [0.29, 0.717) is 0 Å². The summed E-state index contributed by atoms with van der Waals surface area (Å²) in [5.74, 6) is 0.235. The first-order valence-electron chi connectivity index (χ1n) is 7.64. The standard InChI is InChI=1S/C17H18ClN5/c1-22-9-16(21-10-22)13-7-23(8-14(13)19)17-4-5-20-15-3-2-11(18)6-12(15)17/h2-6,9-10,13-14H,7-8,19H2,1H3/t13-,14-/m1/s1. The third-order valence-electron chi connectivity index (χ3n) is 4.49. The molecule has 3 heterocycles. The lowest BCUT2D eigenvalue weighted by molar-refractivity contribution is 0.639. The van der Waals surface area contributed by atoms with Crippen molar-refractivity contribution in [3.63, 3.8) is 0 Å². The Bertz CT molecular complexity index is 859. The molecule has 2 N–H and O–H groups in total. The number of benzene rings is 1. The van der Waals surface area contributed by atoms with Crippen molar-refractivity contribution < 1.29 is 0 Å². The van der Waals surface area contributed by atoms with E-state index in [4.69, 9.17) is 17.3 Å². The molecule has 0 amide bonds. The fraction of sp³-hybridized carbons (Fsp3) is 0.294. The number of aromatic nitrogens is 3. The highest BCUT2D eigenvalue weighted by atomic mass is 35.5. The Hall–Kier alpha value is -2.11. The number of aryl methyl sites for hydroxylation is 1. The van der Waals surface area contributed by atoms with Crippen molar-refractivity contribution in [2.45, 2.75) is 12.0 Å². The molecule has 0 aliphatic carbocycles.